The molecule has 0 fully saturated rings. The topological polar surface area (TPSA) is 85.4 Å². The highest BCUT2D eigenvalue weighted by Gasteiger charge is 2.16. The monoisotopic (exact) mass is 316 g/mol. The van der Waals surface area contributed by atoms with Gasteiger partial charge >= 0.3 is 6.16 Å². The first-order valence-corrected chi connectivity index (χ1v) is 5.96. The SMILES string of the molecule is Nc1cc(-c2ccc(F)cc2Cl)nc(OC(=O)O)c1Cl. The first-order chi connectivity index (χ1) is 9.38. The molecule has 0 radical (unpaired) electrons. The molecule has 0 aliphatic rings. The van der Waals surface area contributed by atoms with E-state index in [9.17, 15) is 9.18 Å². The minimum atomic E-state index is -1.58. The van der Waals surface area contributed by atoms with E-state index in [-0.39, 0.29) is 27.3 Å². The number of rotatable bonds is 2. The second-order valence-corrected chi connectivity index (χ2v) is 4.49. The summed E-state index contributed by atoms with van der Waals surface area (Å²) in [7, 11) is 0. The molecule has 0 saturated heterocycles. The normalized spacial score (nSPS) is 10.3. The van der Waals surface area contributed by atoms with Gasteiger partial charge in [0.1, 0.15) is 10.8 Å². The number of aromatic nitrogens is 1. The van der Waals surface area contributed by atoms with Crippen molar-refractivity contribution in [2.75, 3.05) is 5.73 Å². The molecule has 0 aliphatic carbocycles. The number of hydrogen-bond donors (Lipinski definition) is 2. The van der Waals surface area contributed by atoms with E-state index in [1.54, 1.807) is 0 Å². The van der Waals surface area contributed by atoms with Crippen LogP contribution >= 0.6 is 23.2 Å². The fraction of sp³-hybridized carbons (Fsp3) is 0. The van der Waals surface area contributed by atoms with Gasteiger partial charge in [0.05, 0.1) is 16.4 Å². The van der Waals surface area contributed by atoms with Crippen LogP contribution in [0.3, 0.4) is 0 Å². The molecular weight excluding hydrogens is 310 g/mol. The summed E-state index contributed by atoms with van der Waals surface area (Å²) in [5, 5.41) is 8.56. The van der Waals surface area contributed by atoms with Gasteiger partial charge in [-0.1, -0.05) is 23.2 Å². The van der Waals surface area contributed by atoms with Gasteiger partial charge in [0, 0.05) is 5.56 Å². The van der Waals surface area contributed by atoms with Gasteiger partial charge in [-0.15, -0.1) is 0 Å². The van der Waals surface area contributed by atoms with E-state index in [1.807, 2.05) is 0 Å². The molecule has 5 nitrogen and oxygen atoms in total. The number of benzene rings is 1. The number of anilines is 1. The molecule has 0 bridgehead atoms. The third-order valence-electron chi connectivity index (χ3n) is 2.35. The third kappa shape index (κ3) is 2.92. The molecule has 8 heteroatoms. The Labute approximate surface area is 122 Å². The zero-order valence-electron chi connectivity index (χ0n) is 9.73. The summed E-state index contributed by atoms with van der Waals surface area (Å²) in [6.07, 6.45) is -1.58. The molecule has 2 rings (SSSR count). The summed E-state index contributed by atoms with van der Waals surface area (Å²) in [4.78, 5) is 14.5. The maximum Gasteiger partial charge on any atom is 0.512 e. The molecular formula is C12H7Cl2FN2O3. The Hall–Kier alpha value is -2.05. The number of carboxylic acid groups (broad SMARTS) is 1. The van der Waals surface area contributed by atoms with Crippen molar-refractivity contribution in [2.24, 2.45) is 0 Å². The average Bonchev–Trinajstić information content (AvgIpc) is 2.34. The largest absolute Gasteiger partial charge is 0.512 e. The minimum Gasteiger partial charge on any atom is -0.449 e. The third-order valence-corrected chi connectivity index (χ3v) is 3.04. The lowest BCUT2D eigenvalue weighted by atomic mass is 10.1. The van der Waals surface area contributed by atoms with E-state index < -0.39 is 12.0 Å². The first kappa shape index (κ1) is 14.4. The van der Waals surface area contributed by atoms with Crippen LogP contribution in [0.25, 0.3) is 11.3 Å². The smallest absolute Gasteiger partial charge is 0.449 e. The Bertz CT molecular complexity index is 695. The molecule has 2 aromatic rings. The molecule has 0 unspecified atom stereocenters. The molecule has 1 heterocycles. The van der Waals surface area contributed by atoms with Gasteiger partial charge in [-0.2, -0.15) is 0 Å². The van der Waals surface area contributed by atoms with Gasteiger partial charge in [0.2, 0.25) is 5.88 Å². The Morgan fingerprint density at radius 1 is 1.35 bits per heavy atom. The van der Waals surface area contributed by atoms with Gasteiger partial charge in [0.25, 0.3) is 0 Å². The lowest BCUT2D eigenvalue weighted by Crippen LogP contribution is -2.06. The zero-order valence-corrected chi connectivity index (χ0v) is 11.2. The van der Waals surface area contributed by atoms with Crippen LogP contribution in [0.2, 0.25) is 10.0 Å². The van der Waals surface area contributed by atoms with E-state index in [0.29, 0.717) is 5.56 Å². The highest BCUT2D eigenvalue weighted by Crippen LogP contribution is 2.35. The Kier molecular flexibility index (Phi) is 3.96. The zero-order chi connectivity index (χ0) is 14.9. The number of nitrogens with two attached hydrogens (primary N) is 1. The van der Waals surface area contributed by atoms with Crippen molar-refractivity contribution in [2.45, 2.75) is 0 Å². The Morgan fingerprint density at radius 2 is 2.05 bits per heavy atom. The summed E-state index contributed by atoms with van der Waals surface area (Å²) < 4.78 is 17.4. The lowest BCUT2D eigenvalue weighted by molar-refractivity contribution is 0.142. The molecule has 0 spiro atoms. The van der Waals surface area contributed by atoms with Crippen LogP contribution in [0.5, 0.6) is 5.88 Å². The van der Waals surface area contributed by atoms with Gasteiger partial charge in [-0.3, -0.25) is 0 Å². The maximum atomic E-state index is 13.0. The molecule has 1 aromatic heterocycles. The van der Waals surface area contributed by atoms with Crippen LogP contribution in [0, 0.1) is 5.82 Å². The highest BCUT2D eigenvalue weighted by molar-refractivity contribution is 6.35. The lowest BCUT2D eigenvalue weighted by Gasteiger charge is -2.09. The molecule has 0 aliphatic heterocycles. The molecule has 0 atom stereocenters. The second kappa shape index (κ2) is 5.52. The summed E-state index contributed by atoms with van der Waals surface area (Å²) >= 11 is 11.7. The maximum absolute atomic E-state index is 13.0. The van der Waals surface area contributed by atoms with Crippen LogP contribution in [0.15, 0.2) is 24.3 Å². The predicted molar refractivity (Wildman–Crippen MR) is 72.7 cm³/mol. The summed E-state index contributed by atoms with van der Waals surface area (Å²) in [6, 6.07) is 5.06. The van der Waals surface area contributed by atoms with Gasteiger partial charge < -0.3 is 15.6 Å². The quantitative estimate of drug-likeness (QED) is 0.822. The number of pyridine rings is 1. The average molecular weight is 317 g/mol. The van der Waals surface area contributed by atoms with Gasteiger partial charge in [-0.25, -0.2) is 14.2 Å². The van der Waals surface area contributed by atoms with Crippen molar-refractivity contribution < 1.29 is 19.0 Å². The standard InChI is InChI=1S/C12H7Cl2FN2O3/c13-7-3-5(15)1-2-6(7)9-4-8(16)10(14)11(17-9)20-12(18)19/h1-4H,(H2,16,17)(H,18,19). The molecule has 3 N–H and O–H groups in total. The van der Waals surface area contributed by atoms with E-state index in [0.717, 1.165) is 6.07 Å². The van der Waals surface area contributed by atoms with Crippen molar-refractivity contribution >= 4 is 35.0 Å². The van der Waals surface area contributed by atoms with E-state index in [1.165, 1.54) is 18.2 Å². The Balaban J connectivity index is 2.57. The second-order valence-electron chi connectivity index (χ2n) is 3.71. The van der Waals surface area contributed by atoms with Crippen molar-refractivity contribution in [3.8, 4) is 17.1 Å². The number of ether oxygens (including phenoxy) is 1. The fourth-order valence-corrected chi connectivity index (χ4v) is 1.91. The number of hydrogen-bond acceptors (Lipinski definition) is 4. The Morgan fingerprint density at radius 3 is 2.65 bits per heavy atom. The molecule has 0 amide bonds. The van der Waals surface area contributed by atoms with Crippen LogP contribution in [0.4, 0.5) is 14.9 Å². The molecule has 0 saturated carbocycles. The minimum absolute atomic E-state index is 0.0632. The van der Waals surface area contributed by atoms with Gasteiger partial charge in [0.15, 0.2) is 0 Å². The molecule has 20 heavy (non-hydrogen) atoms. The molecule has 1 aromatic carbocycles. The number of halogens is 3. The van der Waals surface area contributed by atoms with Crippen molar-refractivity contribution in [3.63, 3.8) is 0 Å². The highest BCUT2D eigenvalue weighted by atomic mass is 35.5. The van der Waals surface area contributed by atoms with Crippen LogP contribution in [0.1, 0.15) is 0 Å². The number of carbonyl (C=O) groups is 1. The van der Waals surface area contributed by atoms with Crippen LogP contribution in [-0.4, -0.2) is 16.2 Å². The van der Waals surface area contributed by atoms with Crippen molar-refractivity contribution in [1.82, 2.24) is 4.98 Å². The predicted octanol–water partition coefficient (Wildman–Crippen LogP) is 3.83. The van der Waals surface area contributed by atoms with E-state index >= 15 is 0 Å². The molecule has 104 valence electrons. The first-order valence-electron chi connectivity index (χ1n) is 5.20. The van der Waals surface area contributed by atoms with Gasteiger partial charge in [-0.05, 0) is 24.3 Å². The summed E-state index contributed by atoms with van der Waals surface area (Å²) in [5.74, 6) is -0.878. The van der Waals surface area contributed by atoms with Crippen LogP contribution < -0.4 is 10.5 Å². The summed E-state index contributed by atoms with van der Waals surface area (Å²) in [5.41, 5.74) is 6.30. The fourth-order valence-electron chi connectivity index (χ4n) is 1.51. The number of nitrogen functional groups attached to an aromatic ring is 1. The van der Waals surface area contributed by atoms with Crippen molar-refractivity contribution in [3.05, 3.63) is 40.1 Å². The van der Waals surface area contributed by atoms with Crippen LogP contribution in [-0.2, 0) is 0 Å². The van der Waals surface area contributed by atoms with E-state index in [2.05, 4.69) is 9.72 Å². The van der Waals surface area contributed by atoms with E-state index in [4.69, 9.17) is 34.0 Å². The summed E-state index contributed by atoms with van der Waals surface area (Å²) in [6.45, 7) is 0. The number of nitrogens with zero attached hydrogens (tertiary/aromatic N) is 1. The van der Waals surface area contributed by atoms with Crippen molar-refractivity contribution in [1.29, 1.82) is 0 Å².